The molecule has 0 aliphatic heterocycles. The first-order valence-corrected chi connectivity index (χ1v) is 6.01. The summed E-state index contributed by atoms with van der Waals surface area (Å²) < 4.78 is 1.82. The zero-order chi connectivity index (χ0) is 12.4. The number of hydrogen-bond donors (Lipinski definition) is 1. The molecule has 2 rings (SSSR count). The first-order chi connectivity index (χ1) is 8.06. The maximum Gasteiger partial charge on any atom is 0.122 e. The van der Waals surface area contributed by atoms with Gasteiger partial charge in [-0.05, 0) is 23.6 Å². The zero-order valence-corrected chi connectivity index (χ0v) is 10.8. The summed E-state index contributed by atoms with van der Waals surface area (Å²) in [7, 11) is 0. The molecule has 0 radical (unpaired) electrons. The van der Waals surface area contributed by atoms with E-state index in [1.54, 1.807) is 0 Å². The second-order valence-corrected chi connectivity index (χ2v) is 4.87. The van der Waals surface area contributed by atoms with E-state index >= 15 is 0 Å². The molecule has 0 unspecified atom stereocenters. The van der Waals surface area contributed by atoms with E-state index in [0.717, 1.165) is 16.3 Å². The molecule has 0 aliphatic rings. The van der Waals surface area contributed by atoms with E-state index in [2.05, 4.69) is 18.9 Å². The SMILES string of the molecule is CC(C)c1cc(N)n(Cc2ccc(Cl)cc2)n1. The van der Waals surface area contributed by atoms with Crippen LogP contribution in [0.3, 0.4) is 0 Å². The number of anilines is 1. The number of benzene rings is 1. The Morgan fingerprint density at radius 1 is 1.29 bits per heavy atom. The molecule has 17 heavy (non-hydrogen) atoms. The molecule has 2 N–H and O–H groups in total. The highest BCUT2D eigenvalue weighted by atomic mass is 35.5. The Morgan fingerprint density at radius 3 is 2.47 bits per heavy atom. The smallest absolute Gasteiger partial charge is 0.122 e. The number of hydrogen-bond acceptors (Lipinski definition) is 2. The van der Waals surface area contributed by atoms with Crippen molar-refractivity contribution in [2.45, 2.75) is 26.3 Å². The van der Waals surface area contributed by atoms with Crippen LogP contribution in [0.15, 0.2) is 30.3 Å². The van der Waals surface area contributed by atoms with Gasteiger partial charge in [-0.15, -0.1) is 0 Å². The molecule has 0 saturated heterocycles. The van der Waals surface area contributed by atoms with E-state index in [1.165, 1.54) is 0 Å². The van der Waals surface area contributed by atoms with Crippen LogP contribution < -0.4 is 5.73 Å². The molecule has 0 spiro atoms. The van der Waals surface area contributed by atoms with Gasteiger partial charge in [-0.1, -0.05) is 37.6 Å². The topological polar surface area (TPSA) is 43.8 Å². The van der Waals surface area contributed by atoms with Gasteiger partial charge in [0.15, 0.2) is 0 Å². The molecule has 0 amide bonds. The van der Waals surface area contributed by atoms with Crippen molar-refractivity contribution in [3.63, 3.8) is 0 Å². The molecular formula is C13H16ClN3. The molecule has 0 aliphatic carbocycles. The largest absolute Gasteiger partial charge is 0.384 e. The second-order valence-electron chi connectivity index (χ2n) is 4.43. The predicted octanol–water partition coefficient (Wildman–Crippen LogP) is 3.29. The summed E-state index contributed by atoms with van der Waals surface area (Å²) >= 11 is 5.84. The summed E-state index contributed by atoms with van der Waals surface area (Å²) in [4.78, 5) is 0. The van der Waals surface area contributed by atoms with E-state index in [4.69, 9.17) is 17.3 Å². The van der Waals surface area contributed by atoms with E-state index in [-0.39, 0.29) is 0 Å². The van der Waals surface area contributed by atoms with Crippen molar-refractivity contribution < 1.29 is 0 Å². The van der Waals surface area contributed by atoms with Crippen molar-refractivity contribution in [1.29, 1.82) is 0 Å². The third kappa shape index (κ3) is 2.80. The van der Waals surface area contributed by atoms with Gasteiger partial charge in [-0.3, -0.25) is 0 Å². The zero-order valence-electron chi connectivity index (χ0n) is 10.0. The van der Waals surface area contributed by atoms with Crippen LogP contribution >= 0.6 is 11.6 Å². The minimum absolute atomic E-state index is 0.392. The van der Waals surface area contributed by atoms with Gasteiger partial charge in [0.25, 0.3) is 0 Å². The van der Waals surface area contributed by atoms with Crippen molar-refractivity contribution >= 4 is 17.4 Å². The lowest BCUT2D eigenvalue weighted by molar-refractivity contribution is 0.664. The summed E-state index contributed by atoms with van der Waals surface area (Å²) in [6, 6.07) is 9.65. The summed E-state index contributed by atoms with van der Waals surface area (Å²) in [5, 5.41) is 5.23. The van der Waals surface area contributed by atoms with Crippen LogP contribution in [0.25, 0.3) is 0 Å². The Balaban J connectivity index is 2.21. The van der Waals surface area contributed by atoms with E-state index in [1.807, 2.05) is 35.0 Å². The van der Waals surface area contributed by atoms with Gasteiger partial charge < -0.3 is 5.73 Å². The van der Waals surface area contributed by atoms with Gasteiger partial charge >= 0.3 is 0 Å². The molecule has 0 saturated carbocycles. The number of aromatic nitrogens is 2. The van der Waals surface area contributed by atoms with Crippen molar-refractivity contribution in [3.8, 4) is 0 Å². The van der Waals surface area contributed by atoms with Crippen LogP contribution in [0.1, 0.15) is 31.0 Å². The molecule has 3 nitrogen and oxygen atoms in total. The van der Waals surface area contributed by atoms with Crippen LogP contribution in [0, 0.1) is 0 Å². The standard InChI is InChI=1S/C13H16ClN3/c1-9(2)12-7-13(15)17(16-12)8-10-3-5-11(14)6-4-10/h3-7,9H,8,15H2,1-2H3. The van der Waals surface area contributed by atoms with Crippen LogP contribution in [0.5, 0.6) is 0 Å². The Hall–Kier alpha value is -1.48. The van der Waals surface area contributed by atoms with Crippen LogP contribution in [0.4, 0.5) is 5.82 Å². The van der Waals surface area contributed by atoms with Crippen LogP contribution in [-0.4, -0.2) is 9.78 Å². The normalized spacial score (nSPS) is 11.1. The Kier molecular flexibility index (Phi) is 3.38. The maximum absolute atomic E-state index is 5.93. The quantitative estimate of drug-likeness (QED) is 0.907. The Morgan fingerprint density at radius 2 is 1.94 bits per heavy atom. The Labute approximate surface area is 106 Å². The van der Waals surface area contributed by atoms with Crippen molar-refractivity contribution in [2.24, 2.45) is 0 Å². The number of rotatable bonds is 3. The monoisotopic (exact) mass is 249 g/mol. The molecular weight excluding hydrogens is 234 g/mol. The first-order valence-electron chi connectivity index (χ1n) is 5.64. The van der Waals surface area contributed by atoms with Gasteiger partial charge in [0.2, 0.25) is 0 Å². The average Bonchev–Trinajstić information content (AvgIpc) is 2.64. The molecule has 0 atom stereocenters. The molecule has 90 valence electrons. The highest BCUT2D eigenvalue weighted by molar-refractivity contribution is 6.30. The lowest BCUT2D eigenvalue weighted by Crippen LogP contribution is -2.06. The first kappa shape index (κ1) is 12.0. The minimum atomic E-state index is 0.392. The van der Waals surface area contributed by atoms with Gasteiger partial charge in [-0.25, -0.2) is 4.68 Å². The highest BCUT2D eigenvalue weighted by Gasteiger charge is 2.08. The van der Waals surface area contributed by atoms with Gasteiger partial charge in [-0.2, -0.15) is 5.10 Å². The third-order valence-corrected chi connectivity index (χ3v) is 2.92. The number of nitrogens with zero attached hydrogens (tertiary/aromatic N) is 2. The minimum Gasteiger partial charge on any atom is -0.384 e. The van der Waals surface area contributed by atoms with Gasteiger partial charge in [0.1, 0.15) is 5.82 Å². The lowest BCUT2D eigenvalue weighted by Gasteiger charge is -2.04. The van der Waals surface area contributed by atoms with Crippen LogP contribution in [0.2, 0.25) is 5.02 Å². The van der Waals surface area contributed by atoms with Crippen molar-refractivity contribution in [3.05, 3.63) is 46.6 Å². The van der Waals surface area contributed by atoms with E-state index < -0.39 is 0 Å². The molecule has 0 fully saturated rings. The predicted molar refractivity (Wildman–Crippen MR) is 71.3 cm³/mol. The number of nitrogens with two attached hydrogens (primary N) is 1. The van der Waals surface area contributed by atoms with Gasteiger partial charge in [0.05, 0.1) is 12.2 Å². The van der Waals surface area contributed by atoms with Crippen molar-refractivity contribution in [2.75, 3.05) is 5.73 Å². The molecule has 4 heteroatoms. The second kappa shape index (κ2) is 4.80. The van der Waals surface area contributed by atoms with Crippen molar-refractivity contribution in [1.82, 2.24) is 9.78 Å². The molecule has 0 bridgehead atoms. The summed E-state index contributed by atoms with van der Waals surface area (Å²) in [6.45, 7) is 4.89. The number of nitrogen functional groups attached to an aromatic ring is 1. The summed E-state index contributed by atoms with van der Waals surface area (Å²) in [6.07, 6.45) is 0. The van der Waals surface area contributed by atoms with Crippen LogP contribution in [-0.2, 0) is 6.54 Å². The maximum atomic E-state index is 5.93. The van der Waals surface area contributed by atoms with Gasteiger partial charge in [0, 0.05) is 11.1 Å². The van der Waals surface area contributed by atoms with E-state index in [0.29, 0.717) is 18.3 Å². The fourth-order valence-electron chi connectivity index (χ4n) is 1.62. The van der Waals surface area contributed by atoms with E-state index in [9.17, 15) is 0 Å². The molecule has 1 heterocycles. The average molecular weight is 250 g/mol. The summed E-state index contributed by atoms with van der Waals surface area (Å²) in [5.74, 6) is 1.09. The lowest BCUT2D eigenvalue weighted by atomic mass is 10.1. The fourth-order valence-corrected chi connectivity index (χ4v) is 1.75. The number of halogens is 1. The summed E-state index contributed by atoms with van der Waals surface area (Å²) in [5.41, 5.74) is 8.09. The fraction of sp³-hybridized carbons (Fsp3) is 0.308. The Bertz CT molecular complexity index is 500. The third-order valence-electron chi connectivity index (χ3n) is 2.67. The highest BCUT2D eigenvalue weighted by Crippen LogP contribution is 2.17. The molecule has 1 aromatic heterocycles. The molecule has 2 aromatic rings. The molecule has 1 aromatic carbocycles.